The van der Waals surface area contributed by atoms with Crippen LogP contribution in [0.5, 0.6) is 0 Å². The minimum absolute atomic E-state index is 0.0330. The molecule has 1 aliphatic rings. The van der Waals surface area contributed by atoms with E-state index in [9.17, 15) is 14.7 Å². The number of carboxylic acid groups (broad SMARTS) is 1. The number of fused-ring (bicyclic) bond motifs is 1. The zero-order chi connectivity index (χ0) is 20.4. The van der Waals surface area contributed by atoms with E-state index in [1.165, 1.54) is 11.3 Å². The summed E-state index contributed by atoms with van der Waals surface area (Å²) in [4.78, 5) is 26.9. The van der Waals surface area contributed by atoms with E-state index < -0.39 is 5.97 Å². The number of nitrogens with zero attached hydrogens (tertiary/aromatic N) is 1. The minimum atomic E-state index is -0.872. The van der Waals surface area contributed by atoms with Crippen molar-refractivity contribution >= 4 is 39.0 Å². The highest BCUT2D eigenvalue weighted by molar-refractivity contribution is 7.21. The number of nitrogens with one attached hydrogen (secondary N) is 1. The Kier molecular flexibility index (Phi) is 5.65. The molecule has 1 aromatic heterocycles. The van der Waals surface area contributed by atoms with Gasteiger partial charge in [0, 0.05) is 16.4 Å². The number of carbonyl (C=O) groups excluding carboxylic acids is 1. The molecule has 0 bridgehead atoms. The number of likely N-dealkylation sites (tertiary alicyclic amines) is 1. The lowest BCUT2D eigenvalue weighted by Gasteiger charge is -2.24. The second kappa shape index (κ2) is 8.35. The summed E-state index contributed by atoms with van der Waals surface area (Å²) in [5.41, 5.74) is 2.85. The molecule has 0 radical (unpaired) electrons. The van der Waals surface area contributed by atoms with Gasteiger partial charge in [0.25, 0.3) is 0 Å². The number of aryl methyl sites for hydroxylation is 1. The number of rotatable bonds is 6. The molecular weight excluding hydrogens is 384 g/mol. The van der Waals surface area contributed by atoms with Crippen molar-refractivity contribution in [2.24, 2.45) is 0 Å². The van der Waals surface area contributed by atoms with Gasteiger partial charge in [0.15, 0.2) is 0 Å². The summed E-state index contributed by atoms with van der Waals surface area (Å²) in [6.07, 6.45) is 2.65. The van der Waals surface area contributed by atoms with E-state index in [1.807, 2.05) is 55.5 Å². The largest absolute Gasteiger partial charge is 0.477 e. The Labute approximate surface area is 174 Å². The molecule has 0 spiro atoms. The summed E-state index contributed by atoms with van der Waals surface area (Å²) in [6.45, 7) is 3.19. The average molecular weight is 409 g/mol. The average Bonchev–Trinajstić information content (AvgIpc) is 3.29. The molecule has 0 saturated carbocycles. The zero-order valence-corrected chi connectivity index (χ0v) is 17.2. The van der Waals surface area contributed by atoms with Gasteiger partial charge < -0.3 is 10.4 Å². The topological polar surface area (TPSA) is 69.6 Å². The summed E-state index contributed by atoms with van der Waals surface area (Å²) < 4.78 is 1.00. The highest BCUT2D eigenvalue weighted by Gasteiger charge is 2.29. The Morgan fingerprint density at radius 1 is 1.17 bits per heavy atom. The molecule has 6 heteroatoms. The molecule has 2 aromatic carbocycles. The Morgan fingerprint density at radius 2 is 1.93 bits per heavy atom. The summed E-state index contributed by atoms with van der Waals surface area (Å²) >= 11 is 1.34. The molecular formula is C23H24N2O3S. The third-order valence-corrected chi connectivity index (χ3v) is 6.71. The molecule has 1 fully saturated rings. The summed E-state index contributed by atoms with van der Waals surface area (Å²) in [5.74, 6) is -0.905. The maximum Gasteiger partial charge on any atom is 0.346 e. The van der Waals surface area contributed by atoms with E-state index >= 15 is 0 Å². The summed E-state index contributed by atoms with van der Waals surface area (Å²) in [7, 11) is 0. The predicted molar refractivity (Wildman–Crippen MR) is 117 cm³/mol. The fourth-order valence-corrected chi connectivity index (χ4v) is 5.14. The second-order valence-electron chi connectivity index (χ2n) is 7.60. The van der Waals surface area contributed by atoms with Gasteiger partial charge in [0.1, 0.15) is 4.88 Å². The number of carboxylic acids is 1. The first-order valence-corrected chi connectivity index (χ1v) is 10.7. The second-order valence-corrected chi connectivity index (χ2v) is 8.65. The molecule has 0 aliphatic carbocycles. The van der Waals surface area contributed by atoms with E-state index in [2.05, 4.69) is 10.2 Å². The minimum Gasteiger partial charge on any atom is -0.477 e. The van der Waals surface area contributed by atoms with Gasteiger partial charge >= 0.3 is 5.97 Å². The molecule has 1 aliphatic heterocycles. The van der Waals surface area contributed by atoms with Gasteiger partial charge in [-0.2, -0.15) is 0 Å². The van der Waals surface area contributed by atoms with Crippen molar-refractivity contribution in [2.45, 2.75) is 32.2 Å². The number of aromatic carboxylic acids is 1. The quantitative estimate of drug-likeness (QED) is 0.628. The number of amides is 1. The van der Waals surface area contributed by atoms with E-state index in [4.69, 9.17) is 0 Å². The molecule has 1 saturated heterocycles. The molecule has 2 N–H and O–H groups in total. The van der Waals surface area contributed by atoms with E-state index in [0.29, 0.717) is 17.8 Å². The van der Waals surface area contributed by atoms with Crippen LogP contribution >= 0.6 is 11.3 Å². The normalized spacial score (nSPS) is 16.9. The van der Waals surface area contributed by atoms with Gasteiger partial charge in [-0.3, -0.25) is 9.69 Å². The first-order valence-electron chi connectivity index (χ1n) is 9.85. The van der Waals surface area contributed by atoms with E-state index in [1.54, 1.807) is 0 Å². The van der Waals surface area contributed by atoms with Crippen molar-refractivity contribution in [3.63, 3.8) is 0 Å². The van der Waals surface area contributed by atoms with Crippen LogP contribution < -0.4 is 5.32 Å². The lowest BCUT2D eigenvalue weighted by Crippen LogP contribution is -2.38. The van der Waals surface area contributed by atoms with Gasteiger partial charge in [-0.1, -0.05) is 35.9 Å². The maximum atomic E-state index is 12.5. The number of hydrogen-bond acceptors (Lipinski definition) is 4. The molecule has 1 amide bonds. The van der Waals surface area contributed by atoms with Gasteiger partial charge in [-0.15, -0.1) is 11.3 Å². The van der Waals surface area contributed by atoms with Crippen LogP contribution in [0.1, 0.15) is 33.6 Å². The smallest absolute Gasteiger partial charge is 0.346 e. The van der Waals surface area contributed by atoms with Crippen molar-refractivity contribution in [3.8, 4) is 0 Å². The first-order chi connectivity index (χ1) is 14.0. The number of thiophene rings is 1. The lowest BCUT2D eigenvalue weighted by atomic mass is 10.0. The van der Waals surface area contributed by atoms with Crippen LogP contribution in [-0.4, -0.2) is 41.0 Å². The van der Waals surface area contributed by atoms with Crippen LogP contribution in [-0.2, 0) is 11.2 Å². The molecule has 2 heterocycles. The van der Waals surface area contributed by atoms with Gasteiger partial charge in [-0.25, -0.2) is 4.79 Å². The van der Waals surface area contributed by atoms with Crippen LogP contribution in [0.4, 0.5) is 5.69 Å². The molecule has 5 nitrogen and oxygen atoms in total. The molecule has 3 aromatic rings. The zero-order valence-electron chi connectivity index (χ0n) is 16.4. The highest BCUT2D eigenvalue weighted by atomic mass is 32.1. The van der Waals surface area contributed by atoms with Crippen LogP contribution in [0.25, 0.3) is 10.1 Å². The van der Waals surface area contributed by atoms with Crippen LogP contribution in [0, 0.1) is 6.92 Å². The molecule has 1 atom stereocenters. The SMILES string of the molecule is Cc1ccc(NC(=O)CN2CCCC2Cc2c(C(=O)O)sc3ccccc23)cc1. The van der Waals surface area contributed by atoms with Crippen molar-refractivity contribution in [1.82, 2.24) is 4.90 Å². The highest BCUT2D eigenvalue weighted by Crippen LogP contribution is 2.34. The molecule has 29 heavy (non-hydrogen) atoms. The molecule has 4 rings (SSSR count). The lowest BCUT2D eigenvalue weighted by molar-refractivity contribution is -0.117. The van der Waals surface area contributed by atoms with Crippen molar-refractivity contribution < 1.29 is 14.7 Å². The molecule has 150 valence electrons. The third kappa shape index (κ3) is 4.33. The van der Waals surface area contributed by atoms with Crippen LogP contribution in [0.2, 0.25) is 0 Å². The maximum absolute atomic E-state index is 12.5. The Hall–Kier alpha value is -2.70. The van der Waals surface area contributed by atoms with Crippen molar-refractivity contribution in [3.05, 3.63) is 64.5 Å². The standard InChI is InChI=1S/C23H24N2O3S/c1-15-8-10-16(11-9-15)24-21(26)14-25-12-4-5-17(25)13-19-18-6-2-3-7-20(18)29-22(19)23(27)28/h2-3,6-11,17H,4-5,12-14H2,1H3,(H,24,26)(H,27,28). The van der Waals surface area contributed by atoms with E-state index in [-0.39, 0.29) is 11.9 Å². The van der Waals surface area contributed by atoms with Crippen LogP contribution in [0.3, 0.4) is 0 Å². The van der Waals surface area contributed by atoms with E-state index in [0.717, 1.165) is 46.3 Å². The summed E-state index contributed by atoms with van der Waals surface area (Å²) in [5, 5.41) is 13.6. The molecule has 1 unspecified atom stereocenters. The summed E-state index contributed by atoms with van der Waals surface area (Å²) in [6, 6.07) is 15.8. The third-order valence-electron chi connectivity index (χ3n) is 5.51. The fraction of sp³-hybridized carbons (Fsp3) is 0.304. The van der Waals surface area contributed by atoms with Crippen LogP contribution in [0.15, 0.2) is 48.5 Å². The predicted octanol–water partition coefficient (Wildman–Crippen LogP) is 4.55. The Bertz CT molecular complexity index is 1040. The number of anilines is 1. The van der Waals surface area contributed by atoms with Crippen molar-refractivity contribution in [2.75, 3.05) is 18.4 Å². The monoisotopic (exact) mass is 408 g/mol. The Balaban J connectivity index is 1.48. The fourth-order valence-electron chi connectivity index (χ4n) is 4.07. The number of benzene rings is 2. The Morgan fingerprint density at radius 3 is 2.69 bits per heavy atom. The van der Waals surface area contributed by atoms with Crippen molar-refractivity contribution in [1.29, 1.82) is 0 Å². The van der Waals surface area contributed by atoms with Gasteiger partial charge in [0.2, 0.25) is 5.91 Å². The van der Waals surface area contributed by atoms with Gasteiger partial charge in [0.05, 0.1) is 6.54 Å². The number of carbonyl (C=O) groups is 2. The first kappa shape index (κ1) is 19.6. The number of hydrogen-bond donors (Lipinski definition) is 2. The van der Waals surface area contributed by atoms with Gasteiger partial charge in [-0.05, 0) is 61.9 Å².